The zero-order chi connectivity index (χ0) is 13.1. The largest absolute Gasteiger partial charge is 0.389 e. The van der Waals surface area contributed by atoms with E-state index in [2.05, 4.69) is 5.32 Å². The summed E-state index contributed by atoms with van der Waals surface area (Å²) in [6.45, 7) is 4.00. The molecule has 1 aromatic rings. The van der Waals surface area contributed by atoms with Crippen molar-refractivity contribution in [2.45, 2.75) is 26.0 Å². The van der Waals surface area contributed by atoms with Crippen molar-refractivity contribution in [1.82, 2.24) is 5.32 Å². The van der Waals surface area contributed by atoms with E-state index in [1.54, 1.807) is 13.8 Å². The molecule has 0 unspecified atom stereocenters. The number of aliphatic hydroxyl groups is 1. The Morgan fingerprint density at radius 3 is 2.65 bits per heavy atom. The molecule has 0 aliphatic carbocycles. The molecule has 0 bridgehead atoms. The third-order valence-electron chi connectivity index (χ3n) is 2.10. The first-order valence-corrected chi connectivity index (χ1v) is 5.15. The fourth-order valence-corrected chi connectivity index (χ4v) is 1.32. The van der Waals surface area contributed by atoms with E-state index >= 15 is 0 Å². The van der Waals surface area contributed by atoms with Gasteiger partial charge in [0.25, 0.3) is 0 Å². The van der Waals surface area contributed by atoms with Gasteiger partial charge in [-0.3, -0.25) is 10.1 Å². The van der Waals surface area contributed by atoms with E-state index in [1.165, 1.54) is 6.07 Å². The van der Waals surface area contributed by atoms with E-state index in [-0.39, 0.29) is 0 Å². The second kappa shape index (κ2) is 5.20. The molecule has 1 aromatic carbocycles. The second-order valence-corrected chi connectivity index (χ2v) is 4.46. The molecule has 2 N–H and O–H groups in total. The Kier molecular flexibility index (Phi) is 4.14. The van der Waals surface area contributed by atoms with Crippen LogP contribution in [0.2, 0.25) is 0 Å². The van der Waals surface area contributed by atoms with Gasteiger partial charge in [0, 0.05) is 19.2 Å². The monoisotopic (exact) mass is 242 g/mol. The Morgan fingerprint density at radius 1 is 1.53 bits per heavy atom. The Bertz CT molecular complexity index is 416. The lowest BCUT2D eigenvalue weighted by Crippen LogP contribution is -2.34. The molecular weight excluding hydrogens is 227 g/mol. The highest BCUT2D eigenvalue weighted by Crippen LogP contribution is 2.17. The van der Waals surface area contributed by atoms with E-state index in [1.807, 2.05) is 0 Å². The maximum absolute atomic E-state index is 13.2. The van der Waals surface area contributed by atoms with Crippen LogP contribution in [0.3, 0.4) is 0 Å². The highest BCUT2D eigenvalue weighted by molar-refractivity contribution is 5.34. The van der Waals surface area contributed by atoms with Crippen molar-refractivity contribution < 1.29 is 14.4 Å². The predicted molar refractivity (Wildman–Crippen MR) is 61.1 cm³/mol. The average molecular weight is 242 g/mol. The van der Waals surface area contributed by atoms with Gasteiger partial charge in [-0.15, -0.1) is 0 Å². The minimum Gasteiger partial charge on any atom is -0.389 e. The SMILES string of the molecule is CC(C)(O)CNCc1ccc([N+](=O)[O-])c(F)c1. The molecule has 0 saturated heterocycles. The van der Waals surface area contributed by atoms with Crippen molar-refractivity contribution in [3.63, 3.8) is 0 Å². The van der Waals surface area contributed by atoms with Gasteiger partial charge in [0.15, 0.2) is 0 Å². The van der Waals surface area contributed by atoms with Crippen molar-refractivity contribution in [3.8, 4) is 0 Å². The van der Waals surface area contributed by atoms with Crippen LogP contribution in [0.1, 0.15) is 19.4 Å². The first kappa shape index (κ1) is 13.5. The Hall–Kier alpha value is -1.53. The molecule has 6 heteroatoms. The molecule has 0 aromatic heterocycles. The summed E-state index contributed by atoms with van der Waals surface area (Å²) in [6.07, 6.45) is 0. The van der Waals surface area contributed by atoms with Crippen LogP contribution in [0.15, 0.2) is 18.2 Å². The Balaban J connectivity index is 2.62. The molecule has 0 amide bonds. The molecule has 0 aliphatic rings. The third kappa shape index (κ3) is 4.46. The molecule has 5 nitrogen and oxygen atoms in total. The molecule has 0 fully saturated rings. The number of nitro groups is 1. The molecule has 1 rings (SSSR count). The van der Waals surface area contributed by atoms with E-state index in [0.717, 1.165) is 12.1 Å². The summed E-state index contributed by atoms with van der Waals surface area (Å²) >= 11 is 0. The minimum atomic E-state index is -0.849. The normalized spacial score (nSPS) is 11.5. The second-order valence-electron chi connectivity index (χ2n) is 4.46. The summed E-state index contributed by atoms with van der Waals surface area (Å²) in [5.74, 6) is -0.849. The quantitative estimate of drug-likeness (QED) is 0.607. The standard InChI is InChI=1S/C11H15FN2O3/c1-11(2,15)7-13-6-8-3-4-10(14(16)17)9(12)5-8/h3-5,13,15H,6-7H2,1-2H3. The average Bonchev–Trinajstić information content (AvgIpc) is 2.15. The van der Waals surface area contributed by atoms with Crippen LogP contribution in [0.25, 0.3) is 0 Å². The van der Waals surface area contributed by atoms with Crippen LogP contribution in [-0.2, 0) is 6.54 Å². The van der Waals surface area contributed by atoms with E-state index in [0.29, 0.717) is 18.7 Å². The summed E-state index contributed by atoms with van der Waals surface area (Å²) in [5.41, 5.74) is -0.784. The van der Waals surface area contributed by atoms with Gasteiger partial charge < -0.3 is 10.4 Å². The molecule has 0 heterocycles. The third-order valence-corrected chi connectivity index (χ3v) is 2.10. The Labute approximate surface area is 98.4 Å². The van der Waals surface area contributed by atoms with Crippen molar-refractivity contribution in [3.05, 3.63) is 39.7 Å². The Morgan fingerprint density at radius 2 is 2.18 bits per heavy atom. The topological polar surface area (TPSA) is 75.4 Å². The van der Waals surface area contributed by atoms with Gasteiger partial charge in [0.05, 0.1) is 10.5 Å². The molecule has 94 valence electrons. The lowest BCUT2D eigenvalue weighted by atomic mass is 10.1. The number of nitrogens with one attached hydrogen (secondary N) is 1. The smallest absolute Gasteiger partial charge is 0.304 e. The fraction of sp³-hybridized carbons (Fsp3) is 0.455. The van der Waals surface area contributed by atoms with Crippen LogP contribution in [-0.4, -0.2) is 22.2 Å². The summed E-state index contributed by atoms with van der Waals surface area (Å²) in [7, 11) is 0. The molecule has 0 saturated carbocycles. The van der Waals surface area contributed by atoms with Crippen molar-refractivity contribution in [1.29, 1.82) is 0 Å². The number of nitro benzene ring substituents is 1. The zero-order valence-corrected chi connectivity index (χ0v) is 9.74. The van der Waals surface area contributed by atoms with Crippen LogP contribution in [0.5, 0.6) is 0 Å². The van der Waals surface area contributed by atoms with Gasteiger partial charge in [-0.2, -0.15) is 4.39 Å². The predicted octanol–water partition coefficient (Wildman–Crippen LogP) is 1.59. The minimum absolute atomic E-state index is 0.346. The zero-order valence-electron chi connectivity index (χ0n) is 9.74. The number of halogens is 1. The lowest BCUT2D eigenvalue weighted by molar-refractivity contribution is -0.387. The number of rotatable bonds is 5. The van der Waals surface area contributed by atoms with Crippen molar-refractivity contribution in [2.24, 2.45) is 0 Å². The van der Waals surface area contributed by atoms with Gasteiger partial charge in [0.2, 0.25) is 5.82 Å². The summed E-state index contributed by atoms with van der Waals surface area (Å²) in [6, 6.07) is 3.74. The van der Waals surface area contributed by atoms with Crippen LogP contribution in [0.4, 0.5) is 10.1 Å². The molecule has 0 radical (unpaired) electrons. The van der Waals surface area contributed by atoms with E-state index in [9.17, 15) is 19.6 Å². The van der Waals surface area contributed by atoms with Gasteiger partial charge in [0.1, 0.15) is 0 Å². The first-order valence-electron chi connectivity index (χ1n) is 5.15. The number of hydrogen-bond donors (Lipinski definition) is 2. The van der Waals surface area contributed by atoms with Gasteiger partial charge in [-0.05, 0) is 25.5 Å². The van der Waals surface area contributed by atoms with Crippen LogP contribution < -0.4 is 5.32 Å². The van der Waals surface area contributed by atoms with Crippen LogP contribution in [0, 0.1) is 15.9 Å². The van der Waals surface area contributed by atoms with Gasteiger partial charge >= 0.3 is 5.69 Å². The highest BCUT2D eigenvalue weighted by Gasteiger charge is 2.14. The molecule has 0 aliphatic heterocycles. The molecule has 0 atom stereocenters. The lowest BCUT2D eigenvalue weighted by Gasteiger charge is -2.17. The summed E-state index contributed by atoms with van der Waals surface area (Å²) < 4.78 is 13.2. The van der Waals surface area contributed by atoms with Gasteiger partial charge in [-0.25, -0.2) is 0 Å². The number of hydrogen-bond acceptors (Lipinski definition) is 4. The maximum Gasteiger partial charge on any atom is 0.304 e. The van der Waals surface area contributed by atoms with Gasteiger partial charge in [-0.1, -0.05) is 6.07 Å². The van der Waals surface area contributed by atoms with Crippen molar-refractivity contribution in [2.75, 3.05) is 6.54 Å². The van der Waals surface area contributed by atoms with Crippen molar-refractivity contribution >= 4 is 5.69 Å². The first-order chi connectivity index (χ1) is 7.79. The van der Waals surface area contributed by atoms with E-state index < -0.39 is 22.0 Å². The number of benzene rings is 1. The molecule has 17 heavy (non-hydrogen) atoms. The van der Waals surface area contributed by atoms with Crippen LogP contribution >= 0.6 is 0 Å². The molecule has 0 spiro atoms. The summed E-state index contributed by atoms with van der Waals surface area (Å²) in [5, 5.41) is 22.8. The number of nitrogens with zero attached hydrogens (tertiary/aromatic N) is 1. The fourth-order valence-electron chi connectivity index (χ4n) is 1.32. The maximum atomic E-state index is 13.2. The molecular formula is C11H15FN2O3. The van der Waals surface area contributed by atoms with E-state index in [4.69, 9.17) is 0 Å². The summed E-state index contributed by atoms with van der Waals surface area (Å²) in [4.78, 5) is 9.63. The highest BCUT2D eigenvalue weighted by atomic mass is 19.1.